The summed E-state index contributed by atoms with van der Waals surface area (Å²) in [6, 6.07) is 0. The third-order valence-electron chi connectivity index (χ3n) is 6.07. The molecule has 0 bridgehead atoms. The van der Waals surface area contributed by atoms with Gasteiger partial charge in [0.15, 0.2) is 18.9 Å². The molecule has 3 rings (SSSR count). The van der Waals surface area contributed by atoms with E-state index in [0.717, 1.165) is 0 Å². The standard InChI is InChI=1S/C18H32O16/c19-1-4-7(21)9(23)13(27)17(32-4)30-3-6-15(11(25)12(26)16(29)31-6)34-18-14(28)10(24)8(22)5(2-20)33-18/h4-29H,1-3H2/t4-,5-,6-,7+,8-,9+,10+,11-,12+,13-,14+,15-,16-,17+,18+/m1/s1. The Bertz CT molecular complexity index is 637. The molecule has 3 heterocycles. The van der Waals surface area contributed by atoms with Crippen LogP contribution >= 0.6 is 0 Å². The Morgan fingerprint density at radius 1 is 0.500 bits per heavy atom. The van der Waals surface area contributed by atoms with Gasteiger partial charge in [-0.25, -0.2) is 0 Å². The van der Waals surface area contributed by atoms with Crippen molar-refractivity contribution >= 4 is 0 Å². The summed E-state index contributed by atoms with van der Waals surface area (Å²) in [6.45, 7) is -2.08. The van der Waals surface area contributed by atoms with Gasteiger partial charge < -0.3 is 79.9 Å². The van der Waals surface area contributed by atoms with E-state index in [2.05, 4.69) is 0 Å². The lowest BCUT2D eigenvalue weighted by atomic mass is 9.97. The molecule has 0 aromatic heterocycles. The van der Waals surface area contributed by atoms with Crippen LogP contribution in [0.25, 0.3) is 0 Å². The summed E-state index contributed by atoms with van der Waals surface area (Å²) in [5.41, 5.74) is 0. The Morgan fingerprint density at radius 2 is 1.00 bits per heavy atom. The zero-order valence-corrected chi connectivity index (χ0v) is 17.7. The first-order valence-electron chi connectivity index (χ1n) is 10.6. The van der Waals surface area contributed by atoms with Crippen molar-refractivity contribution in [1.29, 1.82) is 0 Å². The number of ether oxygens (including phenoxy) is 5. The number of aliphatic hydroxyl groups excluding tert-OH is 11. The quantitative estimate of drug-likeness (QED) is 0.154. The van der Waals surface area contributed by atoms with E-state index in [0.29, 0.717) is 0 Å². The highest BCUT2D eigenvalue weighted by molar-refractivity contribution is 4.94. The van der Waals surface area contributed by atoms with Crippen molar-refractivity contribution in [2.45, 2.75) is 92.1 Å². The monoisotopic (exact) mass is 504 g/mol. The summed E-state index contributed by atoms with van der Waals surface area (Å²) in [7, 11) is 0. The van der Waals surface area contributed by atoms with Gasteiger partial charge in [0, 0.05) is 0 Å². The average molecular weight is 504 g/mol. The minimum absolute atomic E-state index is 0.619. The molecule has 16 heteroatoms. The van der Waals surface area contributed by atoms with Crippen LogP contribution in [0.1, 0.15) is 0 Å². The molecule has 0 amide bonds. The van der Waals surface area contributed by atoms with Crippen molar-refractivity contribution in [2.24, 2.45) is 0 Å². The van der Waals surface area contributed by atoms with Crippen LogP contribution in [0, 0.1) is 0 Å². The molecule has 11 N–H and O–H groups in total. The molecule has 15 atom stereocenters. The van der Waals surface area contributed by atoms with E-state index in [-0.39, 0.29) is 0 Å². The first-order chi connectivity index (χ1) is 16.0. The minimum Gasteiger partial charge on any atom is -0.394 e. The van der Waals surface area contributed by atoms with Gasteiger partial charge in [-0.15, -0.1) is 0 Å². The van der Waals surface area contributed by atoms with Gasteiger partial charge in [0.25, 0.3) is 0 Å². The smallest absolute Gasteiger partial charge is 0.187 e. The minimum atomic E-state index is -1.91. The normalized spacial score (nSPS) is 52.5. The highest BCUT2D eigenvalue weighted by Gasteiger charge is 2.51. The Kier molecular flexibility index (Phi) is 9.54. The molecular weight excluding hydrogens is 472 g/mol. The molecule has 3 fully saturated rings. The lowest BCUT2D eigenvalue weighted by molar-refractivity contribution is -0.363. The maximum absolute atomic E-state index is 10.4. The number of hydrogen-bond acceptors (Lipinski definition) is 16. The van der Waals surface area contributed by atoms with Gasteiger partial charge >= 0.3 is 0 Å². The second-order valence-corrected chi connectivity index (χ2v) is 8.37. The second kappa shape index (κ2) is 11.6. The third kappa shape index (κ3) is 5.52. The molecule has 0 saturated carbocycles. The van der Waals surface area contributed by atoms with E-state index in [4.69, 9.17) is 23.7 Å². The van der Waals surface area contributed by atoms with Crippen molar-refractivity contribution in [3.8, 4) is 0 Å². The molecular formula is C18H32O16. The van der Waals surface area contributed by atoms with Gasteiger partial charge in [0.1, 0.15) is 73.2 Å². The van der Waals surface area contributed by atoms with E-state index in [1.165, 1.54) is 0 Å². The van der Waals surface area contributed by atoms with E-state index in [1.54, 1.807) is 0 Å². The molecule has 3 aliphatic heterocycles. The summed E-state index contributed by atoms with van der Waals surface area (Å²) >= 11 is 0. The molecule has 0 aliphatic carbocycles. The fourth-order valence-electron chi connectivity index (χ4n) is 3.95. The zero-order chi connectivity index (χ0) is 25.3. The topological polar surface area (TPSA) is 269 Å². The van der Waals surface area contributed by atoms with Gasteiger partial charge in [0.2, 0.25) is 0 Å². The first-order valence-corrected chi connectivity index (χ1v) is 10.6. The summed E-state index contributed by atoms with van der Waals surface area (Å²) in [6.07, 6.45) is -25.0. The average Bonchev–Trinajstić information content (AvgIpc) is 2.82. The fourth-order valence-corrected chi connectivity index (χ4v) is 3.95. The van der Waals surface area contributed by atoms with Crippen LogP contribution in [0.15, 0.2) is 0 Å². The van der Waals surface area contributed by atoms with Crippen molar-refractivity contribution in [3.05, 3.63) is 0 Å². The highest BCUT2D eigenvalue weighted by atomic mass is 16.7. The Hall–Kier alpha value is -0.640. The van der Waals surface area contributed by atoms with Crippen LogP contribution in [0.4, 0.5) is 0 Å². The predicted molar refractivity (Wildman–Crippen MR) is 101 cm³/mol. The lowest BCUT2D eigenvalue weighted by Crippen LogP contribution is -2.65. The Balaban J connectivity index is 1.72. The van der Waals surface area contributed by atoms with Crippen molar-refractivity contribution in [3.63, 3.8) is 0 Å². The zero-order valence-electron chi connectivity index (χ0n) is 17.7. The van der Waals surface area contributed by atoms with E-state index < -0.39 is 112 Å². The van der Waals surface area contributed by atoms with E-state index in [9.17, 15) is 56.2 Å². The highest BCUT2D eigenvalue weighted by Crippen LogP contribution is 2.30. The van der Waals surface area contributed by atoms with E-state index in [1.807, 2.05) is 0 Å². The summed E-state index contributed by atoms with van der Waals surface area (Å²) in [4.78, 5) is 0. The molecule has 3 saturated heterocycles. The van der Waals surface area contributed by atoms with E-state index >= 15 is 0 Å². The largest absolute Gasteiger partial charge is 0.394 e. The first kappa shape index (κ1) is 27.9. The summed E-state index contributed by atoms with van der Waals surface area (Å²) in [5, 5.41) is 109. The van der Waals surface area contributed by atoms with Gasteiger partial charge in [-0.2, -0.15) is 0 Å². The van der Waals surface area contributed by atoms with Gasteiger partial charge in [-0.1, -0.05) is 0 Å². The van der Waals surface area contributed by atoms with Crippen LogP contribution in [-0.4, -0.2) is 168 Å². The Labute approximate surface area is 192 Å². The number of rotatable bonds is 7. The maximum atomic E-state index is 10.4. The molecule has 0 aromatic carbocycles. The van der Waals surface area contributed by atoms with Crippen molar-refractivity contribution < 1.29 is 79.9 Å². The molecule has 200 valence electrons. The fraction of sp³-hybridized carbons (Fsp3) is 1.00. The second-order valence-electron chi connectivity index (χ2n) is 8.37. The van der Waals surface area contributed by atoms with Gasteiger partial charge in [-0.05, 0) is 0 Å². The molecule has 0 aromatic rings. The lowest BCUT2D eigenvalue weighted by Gasteiger charge is -2.46. The van der Waals surface area contributed by atoms with Gasteiger partial charge in [0.05, 0.1) is 19.8 Å². The van der Waals surface area contributed by atoms with Crippen LogP contribution < -0.4 is 0 Å². The molecule has 0 spiro atoms. The maximum Gasteiger partial charge on any atom is 0.187 e. The molecule has 0 radical (unpaired) electrons. The van der Waals surface area contributed by atoms with Crippen molar-refractivity contribution in [2.75, 3.05) is 19.8 Å². The Morgan fingerprint density at radius 3 is 1.53 bits per heavy atom. The number of aliphatic hydroxyl groups is 11. The summed E-state index contributed by atoms with van der Waals surface area (Å²) in [5.74, 6) is 0. The van der Waals surface area contributed by atoms with Crippen LogP contribution in [-0.2, 0) is 23.7 Å². The van der Waals surface area contributed by atoms with Crippen LogP contribution in [0.5, 0.6) is 0 Å². The SMILES string of the molecule is OC[C@H]1O[C@H](OC[C@H]2O[C@@H](O)[C@@H](O)[C@@H](O)[C@@H]2O[C@@H]2O[C@H](CO)[C@@H](O)[C@H](O)[C@@H]2O)[C@H](O)[C@@H](O)[C@H]1O. The van der Waals surface area contributed by atoms with Crippen LogP contribution in [0.2, 0.25) is 0 Å². The molecule has 3 aliphatic rings. The summed E-state index contributed by atoms with van der Waals surface area (Å²) < 4.78 is 26.4. The number of hydrogen-bond donors (Lipinski definition) is 11. The molecule has 0 unspecified atom stereocenters. The predicted octanol–water partition coefficient (Wildman–Crippen LogP) is -7.57. The van der Waals surface area contributed by atoms with Crippen molar-refractivity contribution in [1.82, 2.24) is 0 Å². The van der Waals surface area contributed by atoms with Crippen LogP contribution in [0.3, 0.4) is 0 Å². The van der Waals surface area contributed by atoms with Gasteiger partial charge in [-0.3, -0.25) is 0 Å². The molecule has 16 nitrogen and oxygen atoms in total. The third-order valence-corrected chi connectivity index (χ3v) is 6.07. The molecule has 34 heavy (non-hydrogen) atoms.